The van der Waals surface area contributed by atoms with Crippen molar-refractivity contribution in [3.8, 4) is 28.7 Å². The van der Waals surface area contributed by atoms with Crippen LogP contribution in [0.4, 0.5) is 4.39 Å². The Balaban J connectivity index is 1.48. The fraction of sp³-hybridized carbons (Fsp3) is 0.277. The second kappa shape index (κ2) is 18.0. The van der Waals surface area contributed by atoms with Crippen molar-refractivity contribution in [2.24, 2.45) is 5.92 Å². The van der Waals surface area contributed by atoms with E-state index in [-0.39, 0.29) is 72.9 Å². The highest BCUT2D eigenvalue weighted by atomic mass is 79.9. The van der Waals surface area contributed by atoms with Crippen molar-refractivity contribution in [3.05, 3.63) is 143 Å². The third-order valence-electron chi connectivity index (χ3n) is 10.9. The van der Waals surface area contributed by atoms with Crippen molar-refractivity contribution >= 4 is 39.8 Å². The van der Waals surface area contributed by atoms with Crippen LogP contribution in [-0.4, -0.2) is 41.2 Å². The van der Waals surface area contributed by atoms with E-state index in [0.717, 1.165) is 0 Å². The number of carbonyl (C=O) groups excluding carboxylic acids is 3. The van der Waals surface area contributed by atoms with Crippen LogP contribution in [0.25, 0.3) is 0 Å². The first-order chi connectivity index (χ1) is 28.3. The summed E-state index contributed by atoms with van der Waals surface area (Å²) in [4.78, 5) is 53.8. The first kappa shape index (κ1) is 44.9. The van der Waals surface area contributed by atoms with Crippen LogP contribution in [0.1, 0.15) is 95.0 Å². The predicted octanol–water partition coefficient (Wildman–Crippen LogP) is 10.3. The Bertz CT molecular complexity index is 2520. The number of ether oxygens (including phenoxy) is 5. The lowest BCUT2D eigenvalue weighted by Gasteiger charge is -2.25. The monoisotopic (exact) mass is 884 g/mol. The van der Waals surface area contributed by atoms with Crippen molar-refractivity contribution in [2.75, 3.05) is 7.11 Å². The van der Waals surface area contributed by atoms with Crippen LogP contribution in [-0.2, 0) is 22.4 Å². The van der Waals surface area contributed by atoms with Gasteiger partial charge in [-0.2, -0.15) is 0 Å². The molecule has 0 saturated heterocycles. The molecule has 11 nitrogen and oxygen atoms in total. The molecule has 60 heavy (non-hydrogen) atoms. The number of phenols is 1. The van der Waals surface area contributed by atoms with Gasteiger partial charge in [0.05, 0.1) is 18.2 Å². The van der Waals surface area contributed by atoms with Crippen LogP contribution in [0.5, 0.6) is 28.7 Å². The molecule has 0 amide bonds. The number of allylic oxidation sites excluding steroid dienone is 3. The number of carboxylic acids is 1. The number of methoxy groups -OCH3 is 1. The summed E-state index contributed by atoms with van der Waals surface area (Å²) < 4.78 is 45.3. The van der Waals surface area contributed by atoms with Gasteiger partial charge in [-0.15, -0.1) is 0 Å². The maximum atomic E-state index is 16.4. The van der Waals surface area contributed by atoms with Gasteiger partial charge in [0.25, 0.3) is 0 Å². The normalized spacial score (nSPS) is 13.6. The highest BCUT2D eigenvalue weighted by Crippen LogP contribution is 2.44. The second-order valence-corrected chi connectivity index (χ2v) is 15.1. The zero-order valence-electron chi connectivity index (χ0n) is 35.1. The fourth-order valence-corrected chi connectivity index (χ4v) is 8.05. The van der Waals surface area contributed by atoms with E-state index >= 15 is 4.39 Å². The first-order valence-electron chi connectivity index (χ1n) is 19.0. The molecule has 13 heteroatoms. The number of rotatable bonds is 12. The number of carboxylic acid groups (broad SMARTS) is 1. The van der Waals surface area contributed by atoms with Crippen molar-refractivity contribution in [1.82, 2.24) is 0 Å². The van der Waals surface area contributed by atoms with E-state index in [0.29, 0.717) is 45.6 Å². The lowest BCUT2D eigenvalue weighted by molar-refractivity contribution is -0.138. The van der Waals surface area contributed by atoms with Gasteiger partial charge in [0.2, 0.25) is 0 Å². The molecule has 1 atom stereocenters. The minimum absolute atomic E-state index is 0.0592. The summed E-state index contributed by atoms with van der Waals surface area (Å²) >= 11 is 3.29. The number of phenolic OH excluding ortho intramolecular Hbond substituents is 1. The Kier molecular flexibility index (Phi) is 13.4. The minimum atomic E-state index is -1.16. The maximum absolute atomic E-state index is 16.4. The number of hydrogen-bond acceptors (Lipinski definition) is 10. The summed E-state index contributed by atoms with van der Waals surface area (Å²) in [5.74, 6) is -6.18. The van der Waals surface area contributed by atoms with E-state index in [1.807, 2.05) is 13.0 Å². The van der Waals surface area contributed by atoms with E-state index in [4.69, 9.17) is 23.7 Å². The van der Waals surface area contributed by atoms with Crippen LogP contribution in [0.3, 0.4) is 0 Å². The second-order valence-electron chi connectivity index (χ2n) is 14.4. The highest BCUT2D eigenvalue weighted by Gasteiger charge is 2.37. The molecule has 5 rings (SSSR count). The van der Waals surface area contributed by atoms with E-state index in [9.17, 15) is 29.4 Å². The third-order valence-corrected chi connectivity index (χ3v) is 11.6. The number of esters is 3. The summed E-state index contributed by atoms with van der Waals surface area (Å²) in [6, 6.07) is 8.79. The smallest absolute Gasteiger partial charge is 0.347 e. The van der Waals surface area contributed by atoms with Crippen LogP contribution in [0, 0.1) is 60.2 Å². The Labute approximate surface area is 356 Å². The molecule has 2 N–H and O–H groups in total. The first-order valence-corrected chi connectivity index (χ1v) is 19.8. The molecule has 4 aromatic rings. The van der Waals surface area contributed by atoms with E-state index < -0.39 is 47.1 Å². The molecule has 314 valence electrons. The van der Waals surface area contributed by atoms with Gasteiger partial charge in [0.15, 0.2) is 23.2 Å². The van der Waals surface area contributed by atoms with E-state index in [2.05, 4.69) is 22.5 Å². The van der Waals surface area contributed by atoms with Gasteiger partial charge in [-0.05, 0) is 152 Å². The van der Waals surface area contributed by atoms with Crippen LogP contribution < -0.4 is 18.9 Å². The molecule has 0 fully saturated rings. The summed E-state index contributed by atoms with van der Waals surface area (Å²) in [5.41, 5.74) is 3.00. The average molecular weight is 886 g/mol. The van der Waals surface area contributed by atoms with Gasteiger partial charge in [-0.25, -0.2) is 18.8 Å². The number of carbonyl (C=O) groups is 4. The number of para-hydroxylation sites is 1. The fourth-order valence-electron chi connectivity index (χ4n) is 7.48. The Morgan fingerprint density at radius 2 is 1.25 bits per heavy atom. The molecule has 1 aliphatic carbocycles. The van der Waals surface area contributed by atoms with Crippen LogP contribution in [0.15, 0.2) is 70.6 Å². The van der Waals surface area contributed by atoms with Gasteiger partial charge < -0.3 is 33.9 Å². The minimum Gasteiger partial charge on any atom is -0.506 e. The molecule has 4 aromatic carbocycles. The van der Waals surface area contributed by atoms with Crippen molar-refractivity contribution in [2.45, 2.75) is 75.2 Å². The predicted molar refractivity (Wildman–Crippen MR) is 226 cm³/mol. The highest BCUT2D eigenvalue weighted by molar-refractivity contribution is 9.10. The molecule has 1 unspecified atom stereocenters. The van der Waals surface area contributed by atoms with Crippen molar-refractivity contribution in [1.29, 1.82) is 0 Å². The quantitative estimate of drug-likeness (QED) is 0.103. The molecule has 0 saturated carbocycles. The van der Waals surface area contributed by atoms with Crippen LogP contribution in [0.2, 0.25) is 0 Å². The summed E-state index contributed by atoms with van der Waals surface area (Å²) in [5, 5.41) is 21.3. The SMILES string of the molecule is C=C1C=C(OC)C(C(=O)Oc2c(C)c(C)c(C(=O)Oc3c(C)c(CC)c(C(=O)Oc4c(C)c(C)c(C(=O)O)c(C)c4CC)c(C)c3F)c(O)c2Br)C(Oc2ccccc2)=C1. The Morgan fingerprint density at radius 3 is 1.83 bits per heavy atom. The summed E-state index contributed by atoms with van der Waals surface area (Å²) in [6.07, 6.45) is 3.74. The molecule has 0 spiro atoms. The summed E-state index contributed by atoms with van der Waals surface area (Å²) in [7, 11) is 1.39. The molecule has 0 heterocycles. The standard InChI is InChI=1S/C47H46BrFO11/c1-12-30-27(9)43(39(49)28(10)35(30)45(53)58-41-24(6)22(4)34(44(51)52)26(8)31(41)13-2)60-46(54)36-23(5)25(7)42(38(48)40(36)50)59-47(55)37-32(56-11)19-21(3)20-33(37)57-29-17-15-14-16-18-29/h14-20,37,50H,3,12-13H2,1-2,4-11H3,(H,51,52). The van der Waals surface area contributed by atoms with Crippen molar-refractivity contribution in [3.63, 3.8) is 0 Å². The molecular weight excluding hydrogens is 839 g/mol. The van der Waals surface area contributed by atoms with Crippen LogP contribution >= 0.6 is 15.9 Å². The van der Waals surface area contributed by atoms with Gasteiger partial charge >= 0.3 is 23.9 Å². The number of aromatic hydroxyl groups is 1. The van der Waals surface area contributed by atoms with E-state index in [1.54, 1.807) is 71.0 Å². The van der Waals surface area contributed by atoms with Gasteiger partial charge in [0.1, 0.15) is 38.8 Å². The number of benzene rings is 4. The Morgan fingerprint density at radius 1 is 0.700 bits per heavy atom. The lowest BCUT2D eigenvalue weighted by atomic mass is 9.90. The topological polar surface area (TPSA) is 155 Å². The molecular formula is C47H46BrFO11. The largest absolute Gasteiger partial charge is 0.506 e. The lowest BCUT2D eigenvalue weighted by Crippen LogP contribution is -2.29. The Hall–Kier alpha value is -6.21. The zero-order valence-corrected chi connectivity index (χ0v) is 36.7. The number of halogens is 2. The molecule has 0 radical (unpaired) electrons. The third kappa shape index (κ3) is 8.18. The number of hydrogen-bond donors (Lipinski definition) is 2. The van der Waals surface area contributed by atoms with Gasteiger partial charge in [-0.3, -0.25) is 4.79 Å². The zero-order chi connectivity index (χ0) is 44.5. The van der Waals surface area contributed by atoms with E-state index in [1.165, 1.54) is 27.9 Å². The number of aromatic carboxylic acids is 1. The van der Waals surface area contributed by atoms with Crippen molar-refractivity contribution < 1.29 is 57.5 Å². The maximum Gasteiger partial charge on any atom is 0.347 e. The molecule has 1 aliphatic rings. The van der Waals surface area contributed by atoms with Gasteiger partial charge in [-0.1, -0.05) is 38.6 Å². The average Bonchev–Trinajstić information content (AvgIpc) is 3.20. The molecule has 0 bridgehead atoms. The molecule has 0 aromatic heterocycles. The molecule has 0 aliphatic heterocycles. The summed E-state index contributed by atoms with van der Waals surface area (Å²) in [6.45, 7) is 18.4. The van der Waals surface area contributed by atoms with Gasteiger partial charge in [0, 0.05) is 5.56 Å².